The van der Waals surface area contributed by atoms with Crippen LogP contribution in [0.3, 0.4) is 0 Å². The van der Waals surface area contributed by atoms with Crippen LogP contribution < -0.4 is 0 Å². The number of aromatic nitrogens is 4. The standard InChI is InChI=1S/C20H16N4O/c1-2-6-15(7-3-1)20-23-19(24-25-20)12-18(16-8-4-10-21-13-16)17-9-5-11-22-14-17/h1-11,13-14,18H,12H2. The molecule has 0 radical (unpaired) electrons. The van der Waals surface area contributed by atoms with E-state index in [0.717, 1.165) is 16.7 Å². The highest BCUT2D eigenvalue weighted by atomic mass is 16.5. The maximum absolute atomic E-state index is 5.43. The Bertz CT molecular complexity index is 884. The predicted molar refractivity (Wildman–Crippen MR) is 93.8 cm³/mol. The van der Waals surface area contributed by atoms with Gasteiger partial charge in [-0.2, -0.15) is 4.98 Å². The third kappa shape index (κ3) is 3.45. The molecule has 1 aromatic carbocycles. The largest absolute Gasteiger partial charge is 0.334 e. The minimum Gasteiger partial charge on any atom is -0.334 e. The number of hydrogen-bond donors (Lipinski definition) is 0. The summed E-state index contributed by atoms with van der Waals surface area (Å²) in [7, 11) is 0. The molecule has 0 spiro atoms. The van der Waals surface area contributed by atoms with E-state index in [0.29, 0.717) is 18.1 Å². The summed E-state index contributed by atoms with van der Waals surface area (Å²) >= 11 is 0. The van der Waals surface area contributed by atoms with E-state index >= 15 is 0 Å². The monoisotopic (exact) mass is 328 g/mol. The summed E-state index contributed by atoms with van der Waals surface area (Å²) in [6.07, 6.45) is 7.90. The molecule has 3 aromatic heterocycles. The molecule has 0 N–H and O–H groups in total. The maximum atomic E-state index is 5.43. The molecule has 0 atom stereocenters. The summed E-state index contributed by atoms with van der Waals surface area (Å²) in [5.74, 6) is 1.27. The topological polar surface area (TPSA) is 64.7 Å². The Balaban J connectivity index is 1.65. The minimum atomic E-state index is 0.0728. The van der Waals surface area contributed by atoms with Crippen molar-refractivity contribution in [3.8, 4) is 11.5 Å². The molecule has 0 fully saturated rings. The second-order valence-electron chi connectivity index (χ2n) is 5.71. The number of rotatable bonds is 5. The average Bonchev–Trinajstić information content (AvgIpc) is 3.17. The van der Waals surface area contributed by atoms with Gasteiger partial charge in [0.2, 0.25) is 0 Å². The van der Waals surface area contributed by atoms with Gasteiger partial charge in [-0.1, -0.05) is 35.5 Å². The van der Waals surface area contributed by atoms with Gasteiger partial charge < -0.3 is 4.52 Å². The first-order valence-corrected chi connectivity index (χ1v) is 8.08. The molecule has 0 amide bonds. The van der Waals surface area contributed by atoms with Gasteiger partial charge >= 0.3 is 0 Å². The minimum absolute atomic E-state index is 0.0728. The SMILES string of the molecule is c1ccc(-c2nc(CC(c3cccnc3)c3cccnc3)no2)cc1. The van der Waals surface area contributed by atoms with E-state index in [-0.39, 0.29) is 5.92 Å². The first kappa shape index (κ1) is 15.2. The third-order valence-electron chi connectivity index (χ3n) is 4.05. The lowest BCUT2D eigenvalue weighted by atomic mass is 9.90. The summed E-state index contributed by atoms with van der Waals surface area (Å²) in [4.78, 5) is 13.0. The van der Waals surface area contributed by atoms with Crippen molar-refractivity contribution in [2.45, 2.75) is 12.3 Å². The molecule has 0 saturated carbocycles. The van der Waals surface area contributed by atoms with Crippen LogP contribution >= 0.6 is 0 Å². The van der Waals surface area contributed by atoms with Crippen LogP contribution in [0.25, 0.3) is 11.5 Å². The quantitative estimate of drug-likeness (QED) is 0.556. The lowest BCUT2D eigenvalue weighted by Gasteiger charge is -2.15. The molecule has 0 aliphatic carbocycles. The van der Waals surface area contributed by atoms with Gasteiger partial charge in [0.25, 0.3) is 5.89 Å². The van der Waals surface area contributed by atoms with Gasteiger partial charge in [-0.3, -0.25) is 9.97 Å². The Kier molecular flexibility index (Phi) is 4.29. The number of benzene rings is 1. The zero-order valence-corrected chi connectivity index (χ0v) is 13.5. The first-order valence-electron chi connectivity index (χ1n) is 8.08. The summed E-state index contributed by atoms with van der Waals surface area (Å²) in [6.45, 7) is 0. The fourth-order valence-corrected chi connectivity index (χ4v) is 2.81. The van der Waals surface area contributed by atoms with Crippen molar-refractivity contribution in [3.05, 3.63) is 96.3 Å². The molecule has 25 heavy (non-hydrogen) atoms. The molecule has 4 aromatic rings. The number of pyridine rings is 2. The fraction of sp³-hybridized carbons (Fsp3) is 0.100. The van der Waals surface area contributed by atoms with Crippen molar-refractivity contribution < 1.29 is 4.52 Å². The van der Waals surface area contributed by atoms with Crippen LogP contribution in [-0.2, 0) is 6.42 Å². The van der Waals surface area contributed by atoms with E-state index < -0.39 is 0 Å². The second kappa shape index (κ2) is 7.05. The van der Waals surface area contributed by atoms with Crippen molar-refractivity contribution in [1.82, 2.24) is 20.1 Å². The Hall–Kier alpha value is -3.34. The average molecular weight is 328 g/mol. The van der Waals surface area contributed by atoms with E-state index in [4.69, 9.17) is 4.52 Å². The molecule has 5 heteroatoms. The van der Waals surface area contributed by atoms with Crippen LogP contribution in [0.2, 0.25) is 0 Å². The number of hydrogen-bond acceptors (Lipinski definition) is 5. The molecule has 5 nitrogen and oxygen atoms in total. The second-order valence-corrected chi connectivity index (χ2v) is 5.71. The predicted octanol–water partition coefficient (Wildman–Crippen LogP) is 3.90. The van der Waals surface area contributed by atoms with Gasteiger partial charge in [0.05, 0.1) is 0 Å². The smallest absolute Gasteiger partial charge is 0.257 e. The van der Waals surface area contributed by atoms with Gasteiger partial charge in [0.15, 0.2) is 5.82 Å². The summed E-state index contributed by atoms with van der Waals surface area (Å²) in [5, 5.41) is 4.16. The lowest BCUT2D eigenvalue weighted by molar-refractivity contribution is 0.421. The third-order valence-corrected chi connectivity index (χ3v) is 4.05. The van der Waals surface area contributed by atoms with Gasteiger partial charge in [0, 0.05) is 42.7 Å². The number of nitrogens with zero attached hydrogens (tertiary/aromatic N) is 4. The molecule has 0 aliphatic rings. The van der Waals surface area contributed by atoms with E-state index in [9.17, 15) is 0 Å². The molecule has 0 unspecified atom stereocenters. The Morgan fingerprint density at radius 3 is 2.08 bits per heavy atom. The highest BCUT2D eigenvalue weighted by Crippen LogP contribution is 2.27. The Morgan fingerprint density at radius 2 is 1.48 bits per heavy atom. The molecular weight excluding hydrogens is 312 g/mol. The molecule has 0 saturated heterocycles. The first-order chi connectivity index (χ1) is 12.4. The van der Waals surface area contributed by atoms with Crippen LogP contribution in [0.4, 0.5) is 0 Å². The van der Waals surface area contributed by atoms with Gasteiger partial charge in [-0.15, -0.1) is 0 Å². The van der Waals surface area contributed by atoms with Crippen molar-refractivity contribution >= 4 is 0 Å². The fourth-order valence-electron chi connectivity index (χ4n) is 2.81. The molecule has 122 valence electrons. The van der Waals surface area contributed by atoms with Crippen molar-refractivity contribution in [2.24, 2.45) is 0 Å². The normalized spacial score (nSPS) is 10.9. The van der Waals surface area contributed by atoms with E-state index in [1.54, 1.807) is 12.4 Å². The van der Waals surface area contributed by atoms with Gasteiger partial charge in [-0.25, -0.2) is 0 Å². The molecule has 0 bridgehead atoms. The van der Waals surface area contributed by atoms with Crippen molar-refractivity contribution in [1.29, 1.82) is 0 Å². The van der Waals surface area contributed by atoms with Gasteiger partial charge in [-0.05, 0) is 35.4 Å². The molecular formula is C20H16N4O. The van der Waals surface area contributed by atoms with Crippen LogP contribution in [-0.4, -0.2) is 20.1 Å². The summed E-state index contributed by atoms with van der Waals surface area (Å²) < 4.78 is 5.43. The van der Waals surface area contributed by atoms with Crippen molar-refractivity contribution in [3.63, 3.8) is 0 Å². The summed E-state index contributed by atoms with van der Waals surface area (Å²) in [6, 6.07) is 17.8. The zero-order valence-electron chi connectivity index (χ0n) is 13.5. The summed E-state index contributed by atoms with van der Waals surface area (Å²) in [5.41, 5.74) is 3.11. The van der Waals surface area contributed by atoms with E-state index in [1.165, 1.54) is 0 Å². The zero-order chi connectivity index (χ0) is 16.9. The highest BCUT2D eigenvalue weighted by molar-refractivity contribution is 5.52. The van der Waals surface area contributed by atoms with Crippen LogP contribution in [0, 0.1) is 0 Å². The van der Waals surface area contributed by atoms with E-state index in [2.05, 4.69) is 32.2 Å². The van der Waals surface area contributed by atoms with Crippen LogP contribution in [0.1, 0.15) is 22.9 Å². The molecule has 3 heterocycles. The van der Waals surface area contributed by atoms with Crippen LogP contribution in [0.15, 0.2) is 83.9 Å². The maximum Gasteiger partial charge on any atom is 0.257 e. The Labute approximate surface area is 145 Å². The van der Waals surface area contributed by atoms with Gasteiger partial charge in [0.1, 0.15) is 0 Å². The Morgan fingerprint density at radius 1 is 0.800 bits per heavy atom. The van der Waals surface area contributed by atoms with Crippen LogP contribution in [0.5, 0.6) is 0 Å². The lowest BCUT2D eigenvalue weighted by Crippen LogP contribution is -2.07. The molecule has 4 rings (SSSR count). The highest BCUT2D eigenvalue weighted by Gasteiger charge is 2.19. The van der Waals surface area contributed by atoms with Crippen molar-refractivity contribution in [2.75, 3.05) is 0 Å². The van der Waals surface area contributed by atoms with E-state index in [1.807, 2.05) is 54.9 Å². The molecule has 0 aliphatic heterocycles.